The Hall–Kier alpha value is -2.10. The molecule has 0 radical (unpaired) electrons. The fraction of sp³-hybridized carbons (Fsp3) is 0.444. The number of benzene rings is 1. The van der Waals surface area contributed by atoms with Crippen LogP contribution in [0.5, 0.6) is 5.75 Å². The van der Waals surface area contributed by atoms with Crippen LogP contribution in [0.3, 0.4) is 0 Å². The van der Waals surface area contributed by atoms with E-state index in [0.717, 1.165) is 16.8 Å². The Balaban J connectivity index is 0.000000561. The fourth-order valence-electron chi connectivity index (χ4n) is 2.42. The molecule has 0 atom stereocenters. The number of nitrogens with zero attached hydrogens (tertiary/aromatic N) is 1. The number of rotatable bonds is 1. The number of Topliss-reactive ketones (excluding diaryl/α,β-unsaturated/α-hetero) is 1. The third-order valence-corrected chi connectivity index (χ3v) is 3.35. The molecule has 22 heavy (non-hydrogen) atoms. The Morgan fingerprint density at radius 1 is 1.18 bits per heavy atom. The molecule has 1 aliphatic heterocycles. The highest BCUT2D eigenvalue weighted by atomic mass is 16.5. The summed E-state index contributed by atoms with van der Waals surface area (Å²) < 4.78 is 7.58. The highest BCUT2D eigenvalue weighted by Crippen LogP contribution is 2.30. The lowest BCUT2D eigenvalue weighted by Crippen LogP contribution is -2.23. The van der Waals surface area contributed by atoms with E-state index in [9.17, 15) is 9.59 Å². The lowest BCUT2D eigenvalue weighted by molar-refractivity contribution is 0.101. The van der Waals surface area contributed by atoms with Gasteiger partial charge in [0.2, 0.25) is 0 Å². The number of carbonyl (C=O) groups excluding carboxylic acids is 1. The third-order valence-electron chi connectivity index (χ3n) is 3.35. The van der Waals surface area contributed by atoms with E-state index in [0.29, 0.717) is 18.5 Å². The van der Waals surface area contributed by atoms with Crippen molar-refractivity contribution in [1.82, 2.24) is 4.57 Å². The summed E-state index contributed by atoms with van der Waals surface area (Å²) in [5.74, 6) is 0.560. The number of aromatic nitrogens is 1. The minimum Gasteiger partial charge on any atom is -0.489 e. The van der Waals surface area contributed by atoms with E-state index in [4.69, 9.17) is 4.74 Å². The van der Waals surface area contributed by atoms with E-state index in [1.807, 2.05) is 45.3 Å². The van der Waals surface area contributed by atoms with E-state index in [-0.39, 0.29) is 16.8 Å². The second-order valence-corrected chi connectivity index (χ2v) is 4.58. The zero-order chi connectivity index (χ0) is 16.9. The van der Waals surface area contributed by atoms with Crippen molar-refractivity contribution >= 4 is 16.7 Å². The van der Waals surface area contributed by atoms with Crippen LogP contribution in [-0.2, 0) is 6.54 Å². The standard InChI is InChI=1S/C14H13NO3.2C2H6/c1-8-3-4-10-12-14(8)18-6-5-15(12)7-11(9(2)16)13(10)17;2*1-2/h3-4,7H,5-6H2,1-2H3;2*1-2H3. The predicted molar refractivity (Wildman–Crippen MR) is 91.1 cm³/mol. The van der Waals surface area contributed by atoms with Crippen molar-refractivity contribution in [2.75, 3.05) is 6.61 Å². The van der Waals surface area contributed by atoms with Gasteiger partial charge in [-0.05, 0) is 25.5 Å². The molecule has 0 saturated carbocycles. The lowest BCUT2D eigenvalue weighted by atomic mass is 10.1. The molecular weight excluding hydrogens is 278 g/mol. The van der Waals surface area contributed by atoms with Gasteiger partial charge in [-0.15, -0.1) is 0 Å². The van der Waals surface area contributed by atoms with E-state index < -0.39 is 0 Å². The van der Waals surface area contributed by atoms with Crippen LogP contribution in [0, 0.1) is 6.92 Å². The first-order valence-electron chi connectivity index (χ1n) is 7.90. The Bertz CT molecular complexity index is 729. The number of hydrogen-bond acceptors (Lipinski definition) is 3. The zero-order valence-electron chi connectivity index (χ0n) is 14.3. The van der Waals surface area contributed by atoms with Gasteiger partial charge >= 0.3 is 0 Å². The third kappa shape index (κ3) is 3.06. The summed E-state index contributed by atoms with van der Waals surface area (Å²) in [6.07, 6.45) is 1.65. The molecule has 4 heteroatoms. The van der Waals surface area contributed by atoms with E-state index in [1.165, 1.54) is 6.92 Å². The van der Waals surface area contributed by atoms with Crippen LogP contribution in [0.25, 0.3) is 10.9 Å². The molecule has 0 spiro atoms. The summed E-state index contributed by atoms with van der Waals surface area (Å²) in [6, 6.07) is 3.63. The largest absolute Gasteiger partial charge is 0.489 e. The smallest absolute Gasteiger partial charge is 0.200 e. The summed E-state index contributed by atoms with van der Waals surface area (Å²) in [7, 11) is 0. The molecule has 0 aliphatic carbocycles. The number of pyridine rings is 1. The van der Waals surface area contributed by atoms with Gasteiger partial charge in [0.1, 0.15) is 12.4 Å². The number of ketones is 1. The molecule has 3 rings (SSSR count). The summed E-state index contributed by atoms with van der Waals surface area (Å²) in [4.78, 5) is 23.7. The monoisotopic (exact) mass is 303 g/mol. The zero-order valence-corrected chi connectivity index (χ0v) is 14.3. The number of aryl methyl sites for hydroxylation is 1. The molecule has 0 amide bonds. The Morgan fingerprint density at radius 3 is 2.41 bits per heavy atom. The molecule has 2 heterocycles. The van der Waals surface area contributed by atoms with Gasteiger partial charge in [-0.3, -0.25) is 9.59 Å². The maximum Gasteiger partial charge on any atom is 0.200 e. The maximum atomic E-state index is 12.2. The first-order chi connectivity index (χ1) is 10.6. The van der Waals surface area contributed by atoms with Gasteiger partial charge in [-0.25, -0.2) is 0 Å². The van der Waals surface area contributed by atoms with E-state index >= 15 is 0 Å². The number of carbonyl (C=O) groups is 1. The van der Waals surface area contributed by atoms with Crippen LogP contribution in [0.15, 0.2) is 23.1 Å². The highest BCUT2D eigenvalue weighted by Gasteiger charge is 2.19. The van der Waals surface area contributed by atoms with Gasteiger partial charge in [0.05, 0.1) is 23.0 Å². The van der Waals surface area contributed by atoms with Crippen molar-refractivity contribution in [3.63, 3.8) is 0 Å². The van der Waals surface area contributed by atoms with Gasteiger partial charge in [0, 0.05) is 6.20 Å². The number of hydrogen-bond donors (Lipinski definition) is 0. The Kier molecular flexibility index (Phi) is 6.35. The van der Waals surface area contributed by atoms with E-state index in [1.54, 1.807) is 12.3 Å². The quantitative estimate of drug-likeness (QED) is 0.749. The maximum absolute atomic E-state index is 12.2. The minimum atomic E-state index is -0.208. The summed E-state index contributed by atoms with van der Waals surface area (Å²) >= 11 is 0. The Labute approximate surface area is 131 Å². The van der Waals surface area contributed by atoms with Crippen molar-refractivity contribution in [1.29, 1.82) is 0 Å². The topological polar surface area (TPSA) is 48.3 Å². The highest BCUT2D eigenvalue weighted by molar-refractivity contribution is 5.98. The first-order valence-corrected chi connectivity index (χ1v) is 7.90. The van der Waals surface area contributed by atoms with Gasteiger partial charge in [0.25, 0.3) is 0 Å². The fourth-order valence-corrected chi connectivity index (χ4v) is 2.42. The average Bonchev–Trinajstić information content (AvgIpc) is 2.56. The predicted octanol–water partition coefficient (Wildman–Crippen LogP) is 3.96. The number of ether oxygens (including phenoxy) is 1. The van der Waals surface area contributed by atoms with E-state index in [2.05, 4.69) is 0 Å². The summed E-state index contributed by atoms with van der Waals surface area (Å²) in [6.45, 7) is 12.6. The van der Waals surface area contributed by atoms with Crippen molar-refractivity contribution in [3.05, 3.63) is 39.7 Å². The molecule has 4 nitrogen and oxygen atoms in total. The van der Waals surface area contributed by atoms with Crippen molar-refractivity contribution in [2.24, 2.45) is 0 Å². The molecule has 2 aromatic rings. The van der Waals surface area contributed by atoms with Crippen LogP contribution in [-0.4, -0.2) is 17.0 Å². The molecule has 1 aromatic carbocycles. The van der Waals surface area contributed by atoms with Crippen molar-refractivity contribution in [3.8, 4) is 5.75 Å². The molecule has 0 N–H and O–H groups in total. The minimum absolute atomic E-state index is 0.195. The molecule has 0 unspecified atom stereocenters. The van der Waals surface area contributed by atoms with Crippen LogP contribution in [0.4, 0.5) is 0 Å². The molecular formula is C18H25NO3. The molecule has 1 aromatic heterocycles. The summed E-state index contributed by atoms with van der Waals surface area (Å²) in [5, 5.41) is 0.558. The normalized spacial score (nSPS) is 11.5. The van der Waals surface area contributed by atoms with Crippen LogP contribution in [0.2, 0.25) is 0 Å². The van der Waals surface area contributed by atoms with Crippen molar-refractivity contribution in [2.45, 2.75) is 48.1 Å². The molecule has 0 bridgehead atoms. The molecule has 0 saturated heterocycles. The lowest BCUT2D eigenvalue weighted by Gasteiger charge is -2.22. The first kappa shape index (κ1) is 18.0. The van der Waals surface area contributed by atoms with Gasteiger partial charge in [0.15, 0.2) is 11.2 Å². The van der Waals surface area contributed by atoms with Gasteiger partial charge in [-0.1, -0.05) is 33.8 Å². The molecule has 0 fully saturated rings. The second kappa shape index (κ2) is 7.78. The van der Waals surface area contributed by atoms with Crippen LogP contribution in [0.1, 0.15) is 50.5 Å². The van der Waals surface area contributed by atoms with Crippen molar-refractivity contribution < 1.29 is 9.53 Å². The van der Waals surface area contributed by atoms with Gasteiger partial charge < -0.3 is 9.30 Å². The molecule has 120 valence electrons. The second-order valence-electron chi connectivity index (χ2n) is 4.58. The van der Waals surface area contributed by atoms with Gasteiger partial charge in [-0.2, -0.15) is 0 Å². The molecule has 1 aliphatic rings. The van der Waals surface area contributed by atoms with Crippen LogP contribution < -0.4 is 10.2 Å². The summed E-state index contributed by atoms with van der Waals surface area (Å²) in [5.41, 5.74) is 1.85. The Morgan fingerprint density at radius 2 is 1.82 bits per heavy atom. The van der Waals surface area contributed by atoms with Crippen LogP contribution >= 0.6 is 0 Å². The average molecular weight is 303 g/mol. The SMILES string of the molecule is CC.CC.CC(=O)c1cn2c3c(c(C)ccc3c1=O)OCC2.